The molecule has 6 nitrogen and oxygen atoms in total. The number of aliphatic carboxylic acids is 1. The predicted octanol–water partition coefficient (Wildman–Crippen LogP) is 0.360. The number of carboxylic acid groups (broad SMARTS) is 1. The molecule has 3 atom stereocenters. The van der Waals surface area contributed by atoms with Crippen molar-refractivity contribution in [2.45, 2.75) is 32.0 Å². The van der Waals surface area contributed by atoms with E-state index in [1.807, 2.05) is 0 Å². The van der Waals surface area contributed by atoms with E-state index < -0.39 is 5.97 Å². The highest BCUT2D eigenvalue weighted by Crippen LogP contribution is 2.18. The Kier molecular flexibility index (Phi) is 5.55. The van der Waals surface area contributed by atoms with Crippen LogP contribution in [0.3, 0.4) is 0 Å². The van der Waals surface area contributed by atoms with Gasteiger partial charge in [0.25, 0.3) is 0 Å². The number of likely N-dealkylation sites (tertiary alicyclic amines) is 1. The molecule has 1 rings (SSSR count). The SMILES string of the molecule is COC1CN(C(=O)CC(C)CC(=O)O)CC1OC. The van der Waals surface area contributed by atoms with E-state index in [1.54, 1.807) is 26.0 Å². The van der Waals surface area contributed by atoms with Gasteiger partial charge in [-0.3, -0.25) is 9.59 Å². The molecular formula is C12H21NO5. The average molecular weight is 259 g/mol. The number of methoxy groups -OCH3 is 2. The minimum absolute atomic E-state index is 0.0149. The van der Waals surface area contributed by atoms with Crippen molar-refractivity contribution in [1.29, 1.82) is 0 Å². The molecule has 18 heavy (non-hydrogen) atoms. The summed E-state index contributed by atoms with van der Waals surface area (Å²) in [6.07, 6.45) is 0.0580. The van der Waals surface area contributed by atoms with Gasteiger partial charge in [-0.2, -0.15) is 0 Å². The monoisotopic (exact) mass is 259 g/mol. The lowest BCUT2D eigenvalue weighted by Gasteiger charge is -2.17. The third kappa shape index (κ3) is 3.96. The Morgan fingerprint density at radius 1 is 1.22 bits per heavy atom. The van der Waals surface area contributed by atoms with Crippen LogP contribution in [0.5, 0.6) is 0 Å². The number of ether oxygens (including phenoxy) is 2. The quantitative estimate of drug-likeness (QED) is 0.745. The van der Waals surface area contributed by atoms with Gasteiger partial charge in [0.15, 0.2) is 0 Å². The molecule has 0 aromatic carbocycles. The van der Waals surface area contributed by atoms with Crippen LogP contribution in [0.25, 0.3) is 0 Å². The Morgan fingerprint density at radius 3 is 2.11 bits per heavy atom. The summed E-state index contributed by atoms with van der Waals surface area (Å²) >= 11 is 0. The first kappa shape index (κ1) is 14.9. The molecule has 0 aliphatic carbocycles. The second-order valence-corrected chi connectivity index (χ2v) is 4.75. The number of carbonyl (C=O) groups is 2. The van der Waals surface area contributed by atoms with Crippen LogP contribution < -0.4 is 0 Å². The summed E-state index contributed by atoms with van der Waals surface area (Å²) in [5.74, 6) is -1.07. The summed E-state index contributed by atoms with van der Waals surface area (Å²) in [5.41, 5.74) is 0. The second-order valence-electron chi connectivity index (χ2n) is 4.75. The van der Waals surface area contributed by atoms with Crippen LogP contribution in [-0.2, 0) is 19.1 Å². The number of rotatable bonds is 6. The molecule has 1 aliphatic heterocycles. The van der Waals surface area contributed by atoms with E-state index in [-0.39, 0.29) is 36.9 Å². The standard InChI is InChI=1S/C12H21NO5/c1-8(5-12(15)16)4-11(14)13-6-9(17-2)10(7-13)18-3/h8-10H,4-7H2,1-3H3,(H,15,16). The minimum atomic E-state index is -0.874. The normalized spacial score (nSPS) is 25.2. The zero-order chi connectivity index (χ0) is 13.7. The van der Waals surface area contributed by atoms with Gasteiger partial charge in [0.05, 0.1) is 0 Å². The summed E-state index contributed by atoms with van der Waals surface area (Å²) in [5, 5.41) is 8.66. The predicted molar refractivity (Wildman–Crippen MR) is 64.2 cm³/mol. The highest BCUT2D eigenvalue weighted by Gasteiger charge is 2.35. The van der Waals surface area contributed by atoms with Gasteiger partial charge in [-0.05, 0) is 5.92 Å². The fourth-order valence-electron chi connectivity index (χ4n) is 2.20. The van der Waals surface area contributed by atoms with Crippen molar-refractivity contribution < 1.29 is 24.2 Å². The first-order valence-electron chi connectivity index (χ1n) is 6.03. The smallest absolute Gasteiger partial charge is 0.303 e. The first-order chi connectivity index (χ1) is 8.47. The Morgan fingerprint density at radius 2 is 1.72 bits per heavy atom. The molecule has 104 valence electrons. The van der Waals surface area contributed by atoms with Crippen LogP contribution in [0.15, 0.2) is 0 Å². The maximum Gasteiger partial charge on any atom is 0.303 e. The van der Waals surface area contributed by atoms with E-state index >= 15 is 0 Å². The summed E-state index contributed by atoms with van der Waals surface area (Å²) in [4.78, 5) is 24.2. The minimum Gasteiger partial charge on any atom is -0.481 e. The van der Waals surface area contributed by atoms with Crippen LogP contribution in [0.1, 0.15) is 19.8 Å². The van der Waals surface area contributed by atoms with Crippen LogP contribution in [0.2, 0.25) is 0 Å². The molecule has 1 saturated heterocycles. The van der Waals surface area contributed by atoms with Crippen LogP contribution in [0, 0.1) is 5.92 Å². The highest BCUT2D eigenvalue weighted by atomic mass is 16.5. The lowest BCUT2D eigenvalue weighted by molar-refractivity contribution is -0.138. The molecule has 0 aromatic heterocycles. The molecule has 0 saturated carbocycles. The summed E-state index contributed by atoms with van der Waals surface area (Å²) in [7, 11) is 3.19. The van der Waals surface area contributed by atoms with Crippen molar-refractivity contribution in [2.75, 3.05) is 27.3 Å². The average Bonchev–Trinajstić information content (AvgIpc) is 2.70. The number of amides is 1. The van der Waals surface area contributed by atoms with Crippen LogP contribution in [-0.4, -0.2) is 61.4 Å². The van der Waals surface area contributed by atoms with Crippen molar-refractivity contribution in [2.24, 2.45) is 5.92 Å². The van der Waals surface area contributed by atoms with Crippen LogP contribution >= 0.6 is 0 Å². The molecule has 1 heterocycles. The van der Waals surface area contributed by atoms with Crippen molar-refractivity contribution in [3.05, 3.63) is 0 Å². The highest BCUT2D eigenvalue weighted by molar-refractivity contribution is 5.77. The van der Waals surface area contributed by atoms with E-state index in [0.29, 0.717) is 13.1 Å². The molecule has 3 unspecified atom stereocenters. The number of carbonyl (C=O) groups excluding carboxylic acids is 1. The molecule has 1 amide bonds. The van der Waals surface area contributed by atoms with Gasteiger partial charge in [-0.25, -0.2) is 0 Å². The number of carboxylic acids is 1. The van der Waals surface area contributed by atoms with Crippen molar-refractivity contribution >= 4 is 11.9 Å². The van der Waals surface area contributed by atoms with Crippen LogP contribution in [0.4, 0.5) is 0 Å². The molecule has 1 fully saturated rings. The Bertz CT molecular complexity index is 295. The molecule has 0 bridgehead atoms. The fourth-order valence-corrected chi connectivity index (χ4v) is 2.20. The summed E-state index contributed by atoms with van der Waals surface area (Å²) in [6.45, 7) is 2.78. The van der Waals surface area contributed by atoms with E-state index in [0.717, 1.165) is 0 Å². The lowest BCUT2D eigenvalue weighted by Crippen LogP contribution is -2.31. The molecule has 0 radical (unpaired) electrons. The van der Waals surface area contributed by atoms with E-state index in [4.69, 9.17) is 14.6 Å². The first-order valence-corrected chi connectivity index (χ1v) is 6.03. The Hall–Kier alpha value is -1.14. The van der Waals surface area contributed by atoms with Gasteiger partial charge in [0, 0.05) is 40.2 Å². The third-order valence-electron chi connectivity index (χ3n) is 3.22. The largest absolute Gasteiger partial charge is 0.481 e. The van der Waals surface area contributed by atoms with Crippen molar-refractivity contribution in [3.63, 3.8) is 0 Å². The molecule has 1 N–H and O–H groups in total. The fraction of sp³-hybridized carbons (Fsp3) is 0.833. The molecule has 0 aromatic rings. The maximum atomic E-state index is 12.0. The molecular weight excluding hydrogens is 238 g/mol. The molecule has 1 aliphatic rings. The topological polar surface area (TPSA) is 76.1 Å². The van der Waals surface area contributed by atoms with Crippen molar-refractivity contribution in [3.8, 4) is 0 Å². The Balaban J connectivity index is 2.46. The number of hydrogen-bond donors (Lipinski definition) is 1. The van der Waals surface area contributed by atoms with Gasteiger partial charge >= 0.3 is 5.97 Å². The molecule has 0 spiro atoms. The lowest BCUT2D eigenvalue weighted by atomic mass is 10.0. The van der Waals surface area contributed by atoms with Gasteiger partial charge < -0.3 is 19.5 Å². The van der Waals surface area contributed by atoms with E-state index in [2.05, 4.69) is 0 Å². The van der Waals surface area contributed by atoms with Gasteiger partial charge in [-0.1, -0.05) is 6.92 Å². The zero-order valence-electron chi connectivity index (χ0n) is 11.1. The maximum absolute atomic E-state index is 12.0. The van der Waals surface area contributed by atoms with E-state index in [1.165, 1.54) is 0 Å². The molecule has 6 heteroatoms. The van der Waals surface area contributed by atoms with Gasteiger partial charge in [0.2, 0.25) is 5.91 Å². The number of nitrogens with zero attached hydrogens (tertiary/aromatic N) is 1. The summed E-state index contributed by atoms with van der Waals surface area (Å²) < 4.78 is 10.5. The third-order valence-corrected chi connectivity index (χ3v) is 3.22. The summed E-state index contributed by atoms with van der Waals surface area (Å²) in [6, 6.07) is 0. The van der Waals surface area contributed by atoms with Gasteiger partial charge in [0.1, 0.15) is 12.2 Å². The Labute approximate surface area is 107 Å². The second kappa shape index (κ2) is 6.70. The van der Waals surface area contributed by atoms with E-state index in [9.17, 15) is 9.59 Å². The number of hydrogen-bond acceptors (Lipinski definition) is 4. The van der Waals surface area contributed by atoms with Gasteiger partial charge in [-0.15, -0.1) is 0 Å². The zero-order valence-corrected chi connectivity index (χ0v) is 11.1. The van der Waals surface area contributed by atoms with Crippen molar-refractivity contribution in [1.82, 2.24) is 4.90 Å².